The molecule has 0 N–H and O–H groups in total. The summed E-state index contributed by atoms with van der Waals surface area (Å²) < 4.78 is 57.0. The molecule has 1 saturated heterocycles. The van der Waals surface area contributed by atoms with Gasteiger partial charge in [0.05, 0.1) is 12.6 Å². The Balaban J connectivity index is 1.89. The van der Waals surface area contributed by atoms with E-state index in [1.165, 1.54) is 6.20 Å². The quantitative estimate of drug-likeness (QED) is 0.519. The first-order chi connectivity index (χ1) is 14.4. The Morgan fingerprint density at radius 2 is 2.03 bits per heavy atom. The Labute approximate surface area is 170 Å². The van der Waals surface area contributed by atoms with Gasteiger partial charge in [0.25, 0.3) is 0 Å². The van der Waals surface area contributed by atoms with Crippen molar-refractivity contribution in [1.82, 2.24) is 9.97 Å². The van der Waals surface area contributed by atoms with Crippen LogP contribution in [0.3, 0.4) is 0 Å². The van der Waals surface area contributed by atoms with Crippen LogP contribution in [-0.2, 0) is 6.54 Å². The molecule has 2 heterocycles. The van der Waals surface area contributed by atoms with Crippen LogP contribution in [0.5, 0.6) is 5.75 Å². The van der Waals surface area contributed by atoms with Gasteiger partial charge in [-0.25, -0.2) is 14.4 Å². The van der Waals surface area contributed by atoms with Gasteiger partial charge in [0.2, 0.25) is 5.82 Å². The number of alkyl halides is 2. The zero-order chi connectivity index (χ0) is 21.7. The molecule has 1 aromatic carbocycles. The minimum absolute atomic E-state index is 0.206. The lowest BCUT2D eigenvalue weighted by Crippen LogP contribution is -2.43. The summed E-state index contributed by atoms with van der Waals surface area (Å²) in [6.07, 6.45) is 5.25. The van der Waals surface area contributed by atoms with Crippen molar-refractivity contribution >= 4 is 18.1 Å². The molecule has 0 spiro atoms. The molecule has 1 unspecified atom stereocenters. The molecule has 0 amide bonds. The first-order valence-electron chi connectivity index (χ1n) is 9.06. The Morgan fingerprint density at radius 3 is 2.70 bits per heavy atom. The number of halogens is 4. The fourth-order valence-electron chi connectivity index (χ4n) is 3.25. The van der Waals surface area contributed by atoms with Gasteiger partial charge in [-0.2, -0.15) is 13.2 Å². The van der Waals surface area contributed by atoms with Crippen molar-refractivity contribution in [3.05, 3.63) is 59.8 Å². The van der Waals surface area contributed by atoms with E-state index in [0.717, 1.165) is 17.8 Å². The highest BCUT2D eigenvalue weighted by molar-refractivity contribution is 6.03. The molecule has 1 aliphatic rings. The number of aromatic nitrogens is 2. The summed E-state index contributed by atoms with van der Waals surface area (Å²) in [6, 6.07) is 3.35. The van der Waals surface area contributed by atoms with Crippen LogP contribution >= 0.6 is 0 Å². The number of hydrogen-bond donors (Lipinski definition) is 0. The highest BCUT2D eigenvalue weighted by atomic mass is 19.3. The van der Waals surface area contributed by atoms with Crippen molar-refractivity contribution in [3.8, 4) is 5.75 Å². The molecule has 10 heteroatoms. The predicted octanol–water partition coefficient (Wildman–Crippen LogP) is 4.18. The van der Waals surface area contributed by atoms with Gasteiger partial charge in [-0.15, -0.1) is 0 Å². The van der Waals surface area contributed by atoms with Gasteiger partial charge in [-0.05, 0) is 19.7 Å². The minimum atomic E-state index is -3.27. The monoisotopic (exact) mass is 421 g/mol. The molecule has 1 aliphatic heterocycles. The molecular formula is C20H19F4N5O. The van der Waals surface area contributed by atoms with Gasteiger partial charge in [-0.1, -0.05) is 0 Å². The van der Waals surface area contributed by atoms with Crippen LogP contribution in [0, 0.1) is 11.6 Å². The van der Waals surface area contributed by atoms with E-state index in [0.29, 0.717) is 24.4 Å². The lowest BCUT2D eigenvalue weighted by Gasteiger charge is -2.38. The molecule has 30 heavy (non-hydrogen) atoms. The summed E-state index contributed by atoms with van der Waals surface area (Å²) in [7, 11) is 0. The molecule has 0 saturated carbocycles. The average molecular weight is 421 g/mol. The molecule has 2 aromatic rings. The summed E-state index contributed by atoms with van der Waals surface area (Å²) in [6.45, 7) is 2.69. The topological polar surface area (TPSA) is 63.0 Å². The molecule has 0 bridgehead atoms. The van der Waals surface area contributed by atoms with Crippen molar-refractivity contribution < 1.29 is 22.3 Å². The molecule has 3 rings (SSSR count). The van der Waals surface area contributed by atoms with Gasteiger partial charge in [0.1, 0.15) is 5.82 Å². The summed E-state index contributed by atoms with van der Waals surface area (Å²) in [5.41, 5.74) is 1.68. The molecule has 6 nitrogen and oxygen atoms in total. The normalized spacial score (nSPS) is 19.5. The van der Waals surface area contributed by atoms with Crippen molar-refractivity contribution in [2.75, 3.05) is 11.4 Å². The molecule has 0 aliphatic carbocycles. The fraction of sp³-hybridized carbons (Fsp3) is 0.300. The fourth-order valence-corrected chi connectivity index (χ4v) is 3.25. The van der Waals surface area contributed by atoms with Crippen molar-refractivity contribution in [2.24, 2.45) is 9.98 Å². The van der Waals surface area contributed by atoms with Gasteiger partial charge in [0, 0.05) is 60.7 Å². The predicted molar refractivity (Wildman–Crippen MR) is 105 cm³/mol. The number of piperidine rings is 1. The largest absolute Gasteiger partial charge is 0.431 e. The third-order valence-corrected chi connectivity index (χ3v) is 4.63. The average Bonchev–Trinajstić information content (AvgIpc) is 2.72. The van der Waals surface area contributed by atoms with E-state index >= 15 is 0 Å². The molecule has 158 valence electrons. The maximum absolute atomic E-state index is 14.0. The van der Waals surface area contributed by atoms with Gasteiger partial charge >= 0.3 is 6.61 Å². The van der Waals surface area contributed by atoms with Crippen LogP contribution < -0.4 is 9.64 Å². The number of benzene rings is 1. The van der Waals surface area contributed by atoms with Gasteiger partial charge in [0.15, 0.2) is 11.6 Å². The number of anilines is 1. The summed E-state index contributed by atoms with van der Waals surface area (Å²) in [4.78, 5) is 18.4. The van der Waals surface area contributed by atoms with Crippen molar-refractivity contribution in [2.45, 2.75) is 32.5 Å². The van der Waals surface area contributed by atoms with E-state index in [1.54, 1.807) is 23.4 Å². The number of aliphatic imine (C=N–C) groups is 2. The SMILES string of the molecule is C=NC=C1C(=NCc2ncccn2)CCN(c2cc(F)c(F)c(OC(F)F)c2)C1C. The van der Waals surface area contributed by atoms with E-state index in [1.807, 2.05) is 6.92 Å². The smallest absolute Gasteiger partial charge is 0.387 e. The maximum atomic E-state index is 14.0. The van der Waals surface area contributed by atoms with E-state index < -0.39 is 24.0 Å². The molecule has 1 aromatic heterocycles. The molecule has 0 radical (unpaired) electrons. The highest BCUT2D eigenvalue weighted by Gasteiger charge is 2.29. The minimum Gasteiger partial charge on any atom is -0.431 e. The van der Waals surface area contributed by atoms with Crippen molar-refractivity contribution in [3.63, 3.8) is 0 Å². The Hall–Kier alpha value is -3.30. The lowest BCUT2D eigenvalue weighted by atomic mass is 9.94. The second-order valence-corrected chi connectivity index (χ2v) is 6.43. The summed E-state index contributed by atoms with van der Waals surface area (Å²) >= 11 is 0. The number of rotatable bonds is 6. The summed E-state index contributed by atoms with van der Waals surface area (Å²) in [5, 5.41) is 0. The number of nitrogens with zero attached hydrogens (tertiary/aromatic N) is 5. The molecule has 1 atom stereocenters. The molecule has 1 fully saturated rings. The van der Waals surface area contributed by atoms with E-state index in [2.05, 4.69) is 31.4 Å². The van der Waals surface area contributed by atoms with Gasteiger partial charge in [-0.3, -0.25) is 9.98 Å². The maximum Gasteiger partial charge on any atom is 0.387 e. The third kappa shape index (κ3) is 4.81. The van der Waals surface area contributed by atoms with E-state index in [-0.39, 0.29) is 18.3 Å². The van der Waals surface area contributed by atoms with Crippen LogP contribution in [-0.4, -0.2) is 41.6 Å². The number of hydrogen-bond acceptors (Lipinski definition) is 6. The first-order valence-corrected chi connectivity index (χ1v) is 9.06. The van der Waals surface area contributed by atoms with Gasteiger partial charge < -0.3 is 9.64 Å². The Kier molecular flexibility index (Phi) is 6.76. The lowest BCUT2D eigenvalue weighted by molar-refractivity contribution is -0.0524. The molecular weight excluding hydrogens is 402 g/mol. The standard InChI is InChI=1S/C20H19F4N5O/c1-12-14(10-25-2)16(28-11-18-26-5-3-6-27-18)4-7-29(12)13-8-15(21)19(22)17(9-13)30-20(23)24/h3,5-6,8-10,12,20H,2,4,7,11H2,1H3. The van der Waals surface area contributed by atoms with E-state index in [9.17, 15) is 17.6 Å². The number of ether oxygens (including phenoxy) is 1. The van der Waals surface area contributed by atoms with Crippen LogP contribution in [0.1, 0.15) is 19.2 Å². The van der Waals surface area contributed by atoms with Crippen LogP contribution in [0.2, 0.25) is 0 Å². The summed E-state index contributed by atoms with van der Waals surface area (Å²) in [5.74, 6) is -3.03. The van der Waals surface area contributed by atoms with Crippen LogP contribution in [0.25, 0.3) is 0 Å². The van der Waals surface area contributed by atoms with Crippen LogP contribution in [0.15, 0.2) is 52.4 Å². The van der Waals surface area contributed by atoms with Crippen molar-refractivity contribution in [1.29, 1.82) is 0 Å². The third-order valence-electron chi connectivity index (χ3n) is 4.63. The van der Waals surface area contributed by atoms with E-state index in [4.69, 9.17) is 0 Å². The Morgan fingerprint density at radius 1 is 1.30 bits per heavy atom. The zero-order valence-corrected chi connectivity index (χ0v) is 16.1. The Bertz CT molecular complexity index is 965. The second-order valence-electron chi connectivity index (χ2n) is 6.43. The zero-order valence-electron chi connectivity index (χ0n) is 16.1. The highest BCUT2D eigenvalue weighted by Crippen LogP contribution is 2.33. The second kappa shape index (κ2) is 9.47. The first kappa shape index (κ1) is 21.4. The van der Waals surface area contributed by atoms with Crippen LogP contribution in [0.4, 0.5) is 23.2 Å².